The second-order valence-corrected chi connectivity index (χ2v) is 6.53. The molecular weight excluding hydrogens is 326 g/mol. The maximum absolute atomic E-state index is 12.2. The van der Waals surface area contributed by atoms with Crippen LogP contribution < -0.4 is 15.5 Å². The first-order valence-electron chi connectivity index (χ1n) is 8.92. The number of carbonyl (C=O) groups is 2. The molecule has 0 heterocycles. The van der Waals surface area contributed by atoms with Crippen molar-refractivity contribution in [3.8, 4) is 0 Å². The van der Waals surface area contributed by atoms with E-state index in [4.69, 9.17) is 0 Å². The third kappa shape index (κ3) is 5.62. The minimum Gasteiger partial charge on any atom is -0.369 e. The first kappa shape index (κ1) is 19.5. The van der Waals surface area contributed by atoms with E-state index in [0.717, 1.165) is 29.2 Å². The van der Waals surface area contributed by atoms with Gasteiger partial charge in [0.1, 0.15) is 0 Å². The van der Waals surface area contributed by atoms with Crippen molar-refractivity contribution >= 4 is 28.9 Å². The van der Waals surface area contributed by atoms with Gasteiger partial charge in [0.15, 0.2) is 0 Å². The molecule has 2 N–H and O–H groups in total. The van der Waals surface area contributed by atoms with Gasteiger partial charge in [0.25, 0.3) is 0 Å². The number of hydrogen-bond donors (Lipinski definition) is 2. The molecule has 0 aliphatic rings. The van der Waals surface area contributed by atoms with Crippen LogP contribution in [-0.2, 0) is 16.0 Å². The SMILES string of the molecule is CCN(c1ccc(NC(=O)Cc2ccc(NC(C)=O)cc2)cc1)C(C)C. The van der Waals surface area contributed by atoms with Gasteiger partial charge >= 0.3 is 0 Å². The van der Waals surface area contributed by atoms with E-state index in [1.165, 1.54) is 6.92 Å². The summed E-state index contributed by atoms with van der Waals surface area (Å²) in [5.41, 5.74) is 3.55. The average molecular weight is 353 g/mol. The zero-order chi connectivity index (χ0) is 19.1. The maximum Gasteiger partial charge on any atom is 0.228 e. The van der Waals surface area contributed by atoms with Crippen LogP contribution in [0, 0.1) is 0 Å². The highest BCUT2D eigenvalue weighted by Crippen LogP contribution is 2.20. The Kier molecular flexibility index (Phi) is 6.78. The van der Waals surface area contributed by atoms with Crippen molar-refractivity contribution in [2.45, 2.75) is 40.2 Å². The van der Waals surface area contributed by atoms with Crippen LogP contribution in [0.2, 0.25) is 0 Å². The standard InChI is InChI=1S/C21H27N3O2/c1-5-24(15(2)3)20-12-10-19(11-13-20)23-21(26)14-17-6-8-18(9-7-17)22-16(4)25/h6-13,15H,5,14H2,1-4H3,(H,22,25)(H,23,26). The molecule has 5 nitrogen and oxygen atoms in total. The van der Waals surface area contributed by atoms with E-state index in [0.29, 0.717) is 6.04 Å². The zero-order valence-corrected chi connectivity index (χ0v) is 15.9. The normalized spacial score (nSPS) is 10.5. The van der Waals surface area contributed by atoms with Crippen LogP contribution in [0.5, 0.6) is 0 Å². The lowest BCUT2D eigenvalue weighted by molar-refractivity contribution is -0.116. The Hall–Kier alpha value is -2.82. The molecule has 2 aromatic carbocycles. The van der Waals surface area contributed by atoms with E-state index < -0.39 is 0 Å². The molecule has 0 aliphatic heterocycles. The largest absolute Gasteiger partial charge is 0.369 e. The number of rotatable bonds is 7. The monoisotopic (exact) mass is 353 g/mol. The molecule has 0 atom stereocenters. The average Bonchev–Trinajstić information content (AvgIpc) is 2.58. The van der Waals surface area contributed by atoms with Crippen LogP contribution >= 0.6 is 0 Å². The zero-order valence-electron chi connectivity index (χ0n) is 15.9. The van der Waals surface area contributed by atoms with E-state index in [9.17, 15) is 9.59 Å². The fourth-order valence-electron chi connectivity index (χ4n) is 2.88. The molecule has 2 amide bonds. The van der Waals surface area contributed by atoms with Gasteiger partial charge in [-0.05, 0) is 62.7 Å². The van der Waals surface area contributed by atoms with Crippen molar-refractivity contribution in [2.75, 3.05) is 22.1 Å². The molecule has 0 radical (unpaired) electrons. The molecule has 0 aromatic heterocycles. The minimum absolute atomic E-state index is 0.0683. The molecule has 0 saturated heterocycles. The van der Waals surface area contributed by atoms with Gasteiger partial charge < -0.3 is 15.5 Å². The summed E-state index contributed by atoms with van der Waals surface area (Å²) in [5, 5.41) is 5.63. The summed E-state index contributed by atoms with van der Waals surface area (Å²) in [7, 11) is 0. The van der Waals surface area contributed by atoms with Crippen molar-refractivity contribution < 1.29 is 9.59 Å². The number of amides is 2. The van der Waals surface area contributed by atoms with Gasteiger partial charge in [-0.3, -0.25) is 9.59 Å². The maximum atomic E-state index is 12.2. The summed E-state index contributed by atoms with van der Waals surface area (Å²) >= 11 is 0. The van der Waals surface area contributed by atoms with Crippen molar-refractivity contribution in [1.82, 2.24) is 0 Å². The van der Waals surface area contributed by atoms with E-state index in [1.54, 1.807) is 12.1 Å². The third-order valence-corrected chi connectivity index (χ3v) is 4.09. The summed E-state index contributed by atoms with van der Waals surface area (Å²) in [5.74, 6) is -0.181. The van der Waals surface area contributed by atoms with Gasteiger partial charge in [0.05, 0.1) is 6.42 Å². The number of nitrogens with zero attached hydrogens (tertiary/aromatic N) is 1. The Morgan fingerprint density at radius 3 is 1.96 bits per heavy atom. The first-order valence-corrected chi connectivity index (χ1v) is 8.92. The number of carbonyl (C=O) groups excluding carboxylic acids is 2. The van der Waals surface area contributed by atoms with Crippen LogP contribution in [0.3, 0.4) is 0 Å². The van der Waals surface area contributed by atoms with Gasteiger partial charge in [-0.15, -0.1) is 0 Å². The van der Waals surface area contributed by atoms with Crippen LogP contribution in [0.4, 0.5) is 17.1 Å². The van der Waals surface area contributed by atoms with Crippen LogP contribution in [0.15, 0.2) is 48.5 Å². The van der Waals surface area contributed by atoms with Gasteiger partial charge in [-0.25, -0.2) is 0 Å². The second-order valence-electron chi connectivity index (χ2n) is 6.53. The lowest BCUT2D eigenvalue weighted by Gasteiger charge is -2.27. The molecule has 26 heavy (non-hydrogen) atoms. The van der Waals surface area contributed by atoms with Crippen LogP contribution in [0.1, 0.15) is 33.3 Å². The van der Waals surface area contributed by atoms with Crippen molar-refractivity contribution in [2.24, 2.45) is 0 Å². The molecule has 2 aromatic rings. The number of nitrogens with one attached hydrogen (secondary N) is 2. The summed E-state index contributed by atoms with van der Waals surface area (Å²) in [6.07, 6.45) is 0.287. The predicted octanol–water partition coefficient (Wildman–Crippen LogP) is 4.06. The minimum atomic E-state index is -0.113. The quantitative estimate of drug-likeness (QED) is 0.789. The molecule has 0 unspecified atom stereocenters. The second kappa shape index (κ2) is 9.04. The molecule has 0 fully saturated rings. The molecular formula is C21H27N3O2. The highest BCUT2D eigenvalue weighted by Gasteiger charge is 2.09. The fraction of sp³-hybridized carbons (Fsp3) is 0.333. The summed E-state index contributed by atoms with van der Waals surface area (Å²) in [6, 6.07) is 15.6. The first-order chi connectivity index (χ1) is 12.4. The molecule has 0 saturated carbocycles. The molecule has 0 spiro atoms. The van der Waals surface area contributed by atoms with Crippen molar-refractivity contribution in [1.29, 1.82) is 0 Å². The van der Waals surface area contributed by atoms with E-state index >= 15 is 0 Å². The fourth-order valence-corrected chi connectivity index (χ4v) is 2.88. The number of benzene rings is 2. The highest BCUT2D eigenvalue weighted by molar-refractivity contribution is 5.92. The van der Waals surface area contributed by atoms with Gasteiger partial charge in [0.2, 0.25) is 11.8 Å². The van der Waals surface area contributed by atoms with Gasteiger partial charge in [0, 0.05) is 36.6 Å². The molecule has 138 valence electrons. The lowest BCUT2D eigenvalue weighted by atomic mass is 10.1. The Morgan fingerprint density at radius 1 is 0.923 bits per heavy atom. The Bertz CT molecular complexity index is 737. The van der Waals surface area contributed by atoms with E-state index in [2.05, 4.69) is 36.3 Å². The molecule has 0 bridgehead atoms. The Balaban J connectivity index is 1.94. The molecule has 5 heteroatoms. The van der Waals surface area contributed by atoms with E-state index in [1.807, 2.05) is 36.4 Å². The number of anilines is 3. The molecule has 0 aliphatic carbocycles. The third-order valence-electron chi connectivity index (χ3n) is 4.09. The number of hydrogen-bond acceptors (Lipinski definition) is 3. The van der Waals surface area contributed by atoms with Gasteiger partial charge in [-0.2, -0.15) is 0 Å². The van der Waals surface area contributed by atoms with Crippen molar-refractivity contribution in [3.63, 3.8) is 0 Å². The summed E-state index contributed by atoms with van der Waals surface area (Å²) < 4.78 is 0. The highest BCUT2D eigenvalue weighted by atomic mass is 16.2. The molecule has 2 rings (SSSR count). The topological polar surface area (TPSA) is 61.4 Å². The smallest absolute Gasteiger partial charge is 0.228 e. The Labute approximate surface area is 155 Å². The summed E-state index contributed by atoms with van der Waals surface area (Å²) in [4.78, 5) is 25.6. The Morgan fingerprint density at radius 2 is 1.46 bits per heavy atom. The summed E-state index contributed by atoms with van der Waals surface area (Å²) in [6.45, 7) is 8.87. The van der Waals surface area contributed by atoms with Gasteiger partial charge in [-0.1, -0.05) is 12.1 Å². The van der Waals surface area contributed by atoms with E-state index in [-0.39, 0.29) is 18.2 Å². The predicted molar refractivity (Wildman–Crippen MR) is 108 cm³/mol. The lowest BCUT2D eigenvalue weighted by Crippen LogP contribution is -2.30. The van der Waals surface area contributed by atoms with Crippen LogP contribution in [0.25, 0.3) is 0 Å². The van der Waals surface area contributed by atoms with Crippen molar-refractivity contribution in [3.05, 3.63) is 54.1 Å². The van der Waals surface area contributed by atoms with Crippen LogP contribution in [-0.4, -0.2) is 24.4 Å².